The third-order valence-corrected chi connectivity index (χ3v) is 3.34. The number of rotatable bonds is 3. The van der Waals surface area contributed by atoms with Crippen LogP contribution in [0.1, 0.15) is 10.4 Å². The highest BCUT2D eigenvalue weighted by Gasteiger charge is 2.14. The summed E-state index contributed by atoms with van der Waals surface area (Å²) in [4.78, 5) is 21.9. The number of morpholine rings is 1. The van der Waals surface area contributed by atoms with E-state index in [2.05, 4.69) is 14.9 Å². The van der Waals surface area contributed by atoms with Crippen LogP contribution in [-0.4, -0.2) is 47.3 Å². The van der Waals surface area contributed by atoms with Gasteiger partial charge in [0.1, 0.15) is 0 Å². The molecule has 0 spiro atoms. The lowest BCUT2D eigenvalue weighted by molar-refractivity contribution is 0.0697. The fourth-order valence-electron chi connectivity index (χ4n) is 2.24. The second kappa shape index (κ2) is 5.88. The van der Waals surface area contributed by atoms with Crippen LogP contribution in [0.25, 0.3) is 11.3 Å². The molecule has 0 atom stereocenters. The summed E-state index contributed by atoms with van der Waals surface area (Å²) in [5, 5.41) is 9.06. The summed E-state index contributed by atoms with van der Waals surface area (Å²) >= 11 is 0. The zero-order valence-corrected chi connectivity index (χ0v) is 11.4. The van der Waals surface area contributed by atoms with Crippen LogP contribution >= 0.6 is 0 Å². The van der Waals surface area contributed by atoms with Gasteiger partial charge >= 0.3 is 5.97 Å². The van der Waals surface area contributed by atoms with Gasteiger partial charge < -0.3 is 14.7 Å². The Hall–Kier alpha value is -2.47. The molecule has 1 aromatic carbocycles. The van der Waals surface area contributed by atoms with Crippen LogP contribution in [0.15, 0.2) is 36.5 Å². The largest absolute Gasteiger partial charge is 0.478 e. The van der Waals surface area contributed by atoms with Crippen molar-refractivity contribution in [1.82, 2.24) is 9.97 Å². The average molecular weight is 285 g/mol. The molecule has 0 unspecified atom stereocenters. The van der Waals surface area contributed by atoms with Crippen LogP contribution < -0.4 is 4.90 Å². The van der Waals surface area contributed by atoms with Crippen molar-refractivity contribution in [1.29, 1.82) is 0 Å². The summed E-state index contributed by atoms with van der Waals surface area (Å²) in [5.74, 6) is -0.296. The van der Waals surface area contributed by atoms with Gasteiger partial charge in [0.2, 0.25) is 5.95 Å². The molecule has 6 nitrogen and oxygen atoms in total. The van der Waals surface area contributed by atoms with Gasteiger partial charge in [-0.15, -0.1) is 0 Å². The molecule has 2 aromatic rings. The number of aromatic carboxylic acids is 1. The molecule has 1 saturated heterocycles. The van der Waals surface area contributed by atoms with E-state index in [1.165, 1.54) is 0 Å². The molecule has 2 heterocycles. The number of carbonyl (C=O) groups is 1. The van der Waals surface area contributed by atoms with Gasteiger partial charge in [-0.2, -0.15) is 0 Å². The van der Waals surface area contributed by atoms with E-state index >= 15 is 0 Å². The molecular weight excluding hydrogens is 270 g/mol. The number of ether oxygens (including phenoxy) is 1. The predicted molar refractivity (Wildman–Crippen MR) is 77.5 cm³/mol. The minimum absolute atomic E-state index is 0.249. The minimum atomic E-state index is -0.945. The first-order valence-corrected chi connectivity index (χ1v) is 6.73. The number of hydrogen-bond acceptors (Lipinski definition) is 5. The topological polar surface area (TPSA) is 75.5 Å². The maximum atomic E-state index is 11.0. The number of hydrogen-bond donors (Lipinski definition) is 1. The zero-order chi connectivity index (χ0) is 14.7. The van der Waals surface area contributed by atoms with E-state index in [0.29, 0.717) is 19.2 Å². The molecule has 0 saturated carbocycles. The first-order chi connectivity index (χ1) is 10.2. The normalized spacial score (nSPS) is 15.0. The van der Waals surface area contributed by atoms with Crippen LogP contribution in [0, 0.1) is 0 Å². The van der Waals surface area contributed by atoms with Crippen molar-refractivity contribution in [2.45, 2.75) is 0 Å². The lowest BCUT2D eigenvalue weighted by atomic mass is 10.1. The number of nitrogens with zero attached hydrogens (tertiary/aromatic N) is 3. The van der Waals surface area contributed by atoms with Gasteiger partial charge in [-0.1, -0.05) is 12.1 Å². The van der Waals surface area contributed by atoms with Crippen molar-refractivity contribution in [2.24, 2.45) is 0 Å². The second-order valence-corrected chi connectivity index (χ2v) is 4.73. The first kappa shape index (κ1) is 13.5. The fourth-order valence-corrected chi connectivity index (χ4v) is 2.24. The Morgan fingerprint density at radius 3 is 2.81 bits per heavy atom. The molecule has 21 heavy (non-hydrogen) atoms. The Balaban J connectivity index is 1.92. The molecular formula is C15H15N3O3. The van der Waals surface area contributed by atoms with E-state index in [0.717, 1.165) is 24.3 Å². The Bertz CT molecular complexity index is 654. The standard InChI is InChI=1S/C15H15N3O3/c19-14(20)12-3-1-2-11(10-12)13-4-5-16-15(17-13)18-6-8-21-9-7-18/h1-5,10H,6-9H2,(H,19,20). The number of carboxylic acids is 1. The number of aromatic nitrogens is 2. The number of carboxylic acid groups (broad SMARTS) is 1. The van der Waals surface area contributed by atoms with Gasteiger partial charge in [-0.25, -0.2) is 14.8 Å². The summed E-state index contributed by atoms with van der Waals surface area (Å²) in [5.41, 5.74) is 1.74. The molecule has 1 fully saturated rings. The highest BCUT2D eigenvalue weighted by molar-refractivity contribution is 5.89. The SMILES string of the molecule is O=C(O)c1cccc(-c2ccnc(N3CCOCC3)n2)c1. The summed E-state index contributed by atoms with van der Waals surface area (Å²) < 4.78 is 5.32. The maximum absolute atomic E-state index is 11.0. The zero-order valence-electron chi connectivity index (χ0n) is 11.4. The lowest BCUT2D eigenvalue weighted by Gasteiger charge is -2.26. The van der Waals surface area contributed by atoms with Gasteiger partial charge in [-0.3, -0.25) is 0 Å². The molecule has 1 aliphatic rings. The first-order valence-electron chi connectivity index (χ1n) is 6.73. The van der Waals surface area contributed by atoms with Crippen molar-refractivity contribution < 1.29 is 14.6 Å². The minimum Gasteiger partial charge on any atom is -0.478 e. The predicted octanol–water partition coefficient (Wildman–Crippen LogP) is 1.68. The summed E-state index contributed by atoms with van der Waals surface area (Å²) in [7, 11) is 0. The third kappa shape index (κ3) is 3.00. The lowest BCUT2D eigenvalue weighted by Crippen LogP contribution is -2.37. The molecule has 0 bridgehead atoms. The average Bonchev–Trinajstić information content (AvgIpc) is 2.56. The molecule has 6 heteroatoms. The van der Waals surface area contributed by atoms with Crippen LogP contribution in [0.3, 0.4) is 0 Å². The fraction of sp³-hybridized carbons (Fsp3) is 0.267. The monoisotopic (exact) mass is 285 g/mol. The van der Waals surface area contributed by atoms with Gasteiger partial charge in [0.25, 0.3) is 0 Å². The van der Waals surface area contributed by atoms with Gasteiger partial charge in [0.15, 0.2) is 0 Å². The summed E-state index contributed by atoms with van der Waals surface area (Å²) in [6.45, 7) is 2.86. The van der Waals surface area contributed by atoms with E-state index in [9.17, 15) is 4.79 Å². The summed E-state index contributed by atoms with van der Waals surface area (Å²) in [6, 6.07) is 8.53. The van der Waals surface area contributed by atoms with Gasteiger partial charge in [-0.05, 0) is 18.2 Å². The molecule has 1 aromatic heterocycles. The molecule has 0 radical (unpaired) electrons. The molecule has 1 N–H and O–H groups in total. The van der Waals surface area contributed by atoms with Gasteiger partial charge in [0, 0.05) is 24.8 Å². The Labute approximate surface area is 122 Å². The molecule has 0 aliphatic carbocycles. The highest BCUT2D eigenvalue weighted by Crippen LogP contribution is 2.20. The van der Waals surface area contributed by atoms with Crippen molar-refractivity contribution in [3.05, 3.63) is 42.1 Å². The quantitative estimate of drug-likeness (QED) is 0.924. The van der Waals surface area contributed by atoms with E-state index in [4.69, 9.17) is 9.84 Å². The van der Waals surface area contributed by atoms with Crippen molar-refractivity contribution in [2.75, 3.05) is 31.2 Å². The van der Waals surface area contributed by atoms with E-state index in [1.807, 2.05) is 6.07 Å². The van der Waals surface area contributed by atoms with Crippen LogP contribution in [0.5, 0.6) is 0 Å². The van der Waals surface area contributed by atoms with Crippen molar-refractivity contribution in [3.8, 4) is 11.3 Å². The number of anilines is 1. The molecule has 0 amide bonds. The van der Waals surface area contributed by atoms with Crippen LogP contribution in [0.2, 0.25) is 0 Å². The Kier molecular flexibility index (Phi) is 3.79. The molecule has 1 aliphatic heterocycles. The van der Waals surface area contributed by atoms with E-state index in [-0.39, 0.29) is 5.56 Å². The maximum Gasteiger partial charge on any atom is 0.335 e. The van der Waals surface area contributed by atoms with E-state index in [1.54, 1.807) is 30.5 Å². The van der Waals surface area contributed by atoms with Crippen LogP contribution in [0.4, 0.5) is 5.95 Å². The van der Waals surface area contributed by atoms with Crippen LogP contribution in [-0.2, 0) is 4.74 Å². The van der Waals surface area contributed by atoms with E-state index < -0.39 is 5.97 Å². The summed E-state index contributed by atoms with van der Waals surface area (Å²) in [6.07, 6.45) is 1.70. The highest BCUT2D eigenvalue weighted by atomic mass is 16.5. The molecule has 108 valence electrons. The van der Waals surface area contributed by atoms with Crippen molar-refractivity contribution >= 4 is 11.9 Å². The smallest absolute Gasteiger partial charge is 0.335 e. The third-order valence-electron chi connectivity index (χ3n) is 3.34. The number of benzene rings is 1. The van der Waals surface area contributed by atoms with Gasteiger partial charge in [0.05, 0.1) is 24.5 Å². The Morgan fingerprint density at radius 1 is 1.24 bits per heavy atom. The van der Waals surface area contributed by atoms with Crippen molar-refractivity contribution in [3.63, 3.8) is 0 Å². The molecule has 3 rings (SSSR count). The second-order valence-electron chi connectivity index (χ2n) is 4.73. The Morgan fingerprint density at radius 2 is 2.05 bits per heavy atom.